The van der Waals surface area contributed by atoms with Crippen LogP contribution >= 0.6 is 11.3 Å². The molecule has 0 fully saturated rings. The minimum atomic E-state index is -0.165. The molecule has 6 heteroatoms. The molecule has 0 atom stereocenters. The van der Waals surface area contributed by atoms with Crippen LogP contribution in [-0.2, 0) is 6.42 Å². The van der Waals surface area contributed by atoms with E-state index in [0.717, 1.165) is 11.4 Å². The van der Waals surface area contributed by atoms with Crippen LogP contribution in [0.1, 0.15) is 15.4 Å². The van der Waals surface area contributed by atoms with Gasteiger partial charge in [0.05, 0.1) is 12.1 Å². The van der Waals surface area contributed by atoms with Crippen molar-refractivity contribution in [2.45, 2.75) is 6.42 Å². The zero-order valence-corrected chi connectivity index (χ0v) is 11.4. The SMILES string of the molecule is COc1cc(N)cc(C(=O)NCCc2nccs2)c1. The van der Waals surface area contributed by atoms with Gasteiger partial charge in [0.25, 0.3) is 5.91 Å². The molecule has 2 rings (SSSR count). The van der Waals surface area contributed by atoms with Gasteiger partial charge in [-0.3, -0.25) is 4.79 Å². The van der Waals surface area contributed by atoms with E-state index >= 15 is 0 Å². The van der Waals surface area contributed by atoms with Crippen LogP contribution < -0.4 is 15.8 Å². The number of nitrogens with one attached hydrogen (secondary N) is 1. The van der Waals surface area contributed by atoms with Crippen LogP contribution in [0, 0.1) is 0 Å². The van der Waals surface area contributed by atoms with E-state index in [9.17, 15) is 4.79 Å². The van der Waals surface area contributed by atoms with Crippen LogP contribution in [0.3, 0.4) is 0 Å². The number of methoxy groups -OCH3 is 1. The van der Waals surface area contributed by atoms with E-state index in [1.165, 1.54) is 0 Å². The molecule has 0 saturated carbocycles. The van der Waals surface area contributed by atoms with Crippen molar-refractivity contribution >= 4 is 22.9 Å². The van der Waals surface area contributed by atoms with E-state index in [1.807, 2.05) is 5.38 Å². The van der Waals surface area contributed by atoms with Crippen molar-refractivity contribution in [3.63, 3.8) is 0 Å². The predicted molar refractivity (Wildman–Crippen MR) is 75.6 cm³/mol. The maximum atomic E-state index is 12.0. The summed E-state index contributed by atoms with van der Waals surface area (Å²) in [5.74, 6) is 0.409. The van der Waals surface area contributed by atoms with Gasteiger partial charge in [-0.2, -0.15) is 0 Å². The Morgan fingerprint density at radius 1 is 1.47 bits per heavy atom. The first-order valence-corrected chi connectivity index (χ1v) is 6.68. The molecule has 0 aliphatic heterocycles. The molecule has 0 radical (unpaired) electrons. The molecule has 0 aliphatic rings. The Bertz CT molecular complexity index is 555. The number of aromatic nitrogens is 1. The number of benzene rings is 1. The average molecular weight is 277 g/mol. The normalized spacial score (nSPS) is 10.2. The summed E-state index contributed by atoms with van der Waals surface area (Å²) in [6.45, 7) is 0.545. The highest BCUT2D eigenvalue weighted by Gasteiger charge is 2.08. The van der Waals surface area contributed by atoms with Crippen molar-refractivity contribution in [3.05, 3.63) is 40.3 Å². The molecule has 3 N–H and O–H groups in total. The second kappa shape index (κ2) is 6.19. The number of carbonyl (C=O) groups is 1. The number of hydrogen-bond donors (Lipinski definition) is 2. The standard InChI is InChI=1S/C13H15N3O2S/c1-18-11-7-9(6-10(14)8-11)13(17)16-3-2-12-15-4-5-19-12/h4-8H,2-3,14H2,1H3,(H,16,17). The highest BCUT2D eigenvalue weighted by molar-refractivity contribution is 7.09. The fourth-order valence-electron chi connectivity index (χ4n) is 1.63. The van der Waals surface area contributed by atoms with Crippen molar-refractivity contribution < 1.29 is 9.53 Å². The minimum absolute atomic E-state index is 0.165. The van der Waals surface area contributed by atoms with Crippen molar-refractivity contribution in [1.82, 2.24) is 10.3 Å². The van der Waals surface area contributed by atoms with Crippen molar-refractivity contribution in [1.29, 1.82) is 0 Å². The third-order valence-electron chi connectivity index (χ3n) is 2.53. The molecule has 0 bridgehead atoms. The number of rotatable bonds is 5. The summed E-state index contributed by atoms with van der Waals surface area (Å²) in [5.41, 5.74) is 6.71. The van der Waals surface area contributed by atoms with Gasteiger partial charge in [-0.05, 0) is 12.1 Å². The van der Waals surface area contributed by atoms with E-state index in [0.29, 0.717) is 23.5 Å². The minimum Gasteiger partial charge on any atom is -0.497 e. The van der Waals surface area contributed by atoms with Crippen LogP contribution in [0.4, 0.5) is 5.69 Å². The first kappa shape index (κ1) is 13.4. The molecule has 1 amide bonds. The Labute approximate surface area is 115 Å². The summed E-state index contributed by atoms with van der Waals surface area (Å²) < 4.78 is 5.08. The smallest absolute Gasteiger partial charge is 0.251 e. The van der Waals surface area contributed by atoms with E-state index in [2.05, 4.69) is 10.3 Å². The average Bonchev–Trinajstić information content (AvgIpc) is 2.91. The number of hydrogen-bond acceptors (Lipinski definition) is 5. The summed E-state index contributed by atoms with van der Waals surface area (Å²) in [5, 5.41) is 5.75. The first-order chi connectivity index (χ1) is 9.19. The van der Waals surface area contributed by atoms with Gasteiger partial charge in [-0.15, -0.1) is 11.3 Å². The monoisotopic (exact) mass is 277 g/mol. The number of nitrogen functional groups attached to an aromatic ring is 1. The summed E-state index contributed by atoms with van der Waals surface area (Å²) in [6.07, 6.45) is 2.48. The number of anilines is 1. The molecule has 19 heavy (non-hydrogen) atoms. The Morgan fingerprint density at radius 3 is 3.00 bits per heavy atom. The maximum Gasteiger partial charge on any atom is 0.251 e. The van der Waals surface area contributed by atoms with Gasteiger partial charge in [-0.25, -0.2) is 4.98 Å². The quantitative estimate of drug-likeness (QED) is 0.816. The van der Waals surface area contributed by atoms with Gasteiger partial charge >= 0.3 is 0 Å². The number of nitrogens with zero attached hydrogens (tertiary/aromatic N) is 1. The van der Waals surface area contributed by atoms with Crippen molar-refractivity contribution in [2.75, 3.05) is 19.4 Å². The number of nitrogens with two attached hydrogens (primary N) is 1. The predicted octanol–water partition coefficient (Wildman–Crippen LogP) is 1.71. The molecule has 0 saturated heterocycles. The second-order valence-electron chi connectivity index (χ2n) is 3.93. The van der Waals surface area contributed by atoms with Crippen molar-refractivity contribution in [3.8, 4) is 5.75 Å². The third-order valence-corrected chi connectivity index (χ3v) is 3.37. The van der Waals surface area contributed by atoms with Crippen LogP contribution in [0.15, 0.2) is 29.8 Å². The number of thiazole rings is 1. The topological polar surface area (TPSA) is 77.2 Å². The van der Waals surface area contributed by atoms with Crippen LogP contribution in [-0.4, -0.2) is 24.5 Å². The largest absolute Gasteiger partial charge is 0.497 e. The maximum absolute atomic E-state index is 12.0. The zero-order valence-electron chi connectivity index (χ0n) is 10.6. The molecular formula is C13H15N3O2S. The van der Waals surface area contributed by atoms with Crippen LogP contribution in [0.25, 0.3) is 0 Å². The molecular weight excluding hydrogens is 262 g/mol. The molecule has 0 unspecified atom stereocenters. The van der Waals surface area contributed by atoms with Gasteiger partial charge < -0.3 is 15.8 Å². The lowest BCUT2D eigenvalue weighted by molar-refractivity contribution is 0.0954. The fourth-order valence-corrected chi connectivity index (χ4v) is 2.25. The molecule has 2 aromatic rings. The number of ether oxygens (including phenoxy) is 1. The van der Waals surface area contributed by atoms with Gasteiger partial charge in [-0.1, -0.05) is 0 Å². The van der Waals surface area contributed by atoms with Crippen molar-refractivity contribution in [2.24, 2.45) is 0 Å². The zero-order chi connectivity index (χ0) is 13.7. The van der Waals surface area contributed by atoms with Gasteiger partial charge in [0.2, 0.25) is 0 Å². The Hall–Kier alpha value is -2.08. The molecule has 0 aliphatic carbocycles. The lowest BCUT2D eigenvalue weighted by atomic mass is 10.1. The number of carbonyl (C=O) groups excluding carboxylic acids is 1. The third kappa shape index (κ3) is 3.69. The Kier molecular flexibility index (Phi) is 4.35. The van der Waals surface area contributed by atoms with E-state index in [-0.39, 0.29) is 5.91 Å². The Balaban J connectivity index is 1.94. The molecule has 1 aromatic heterocycles. The molecule has 0 spiro atoms. The fraction of sp³-hybridized carbons (Fsp3) is 0.231. The van der Waals surface area contributed by atoms with Crippen LogP contribution in [0.2, 0.25) is 0 Å². The summed E-state index contributed by atoms with van der Waals surface area (Å²) >= 11 is 1.58. The number of amides is 1. The van der Waals surface area contributed by atoms with Gasteiger partial charge in [0.1, 0.15) is 5.75 Å². The molecule has 1 aromatic carbocycles. The van der Waals surface area contributed by atoms with Crippen LogP contribution in [0.5, 0.6) is 5.75 Å². The molecule has 1 heterocycles. The van der Waals surface area contributed by atoms with Gasteiger partial charge in [0, 0.05) is 41.9 Å². The highest BCUT2D eigenvalue weighted by Crippen LogP contribution is 2.18. The summed E-state index contributed by atoms with van der Waals surface area (Å²) in [6, 6.07) is 4.96. The first-order valence-electron chi connectivity index (χ1n) is 5.80. The highest BCUT2D eigenvalue weighted by atomic mass is 32.1. The van der Waals surface area contributed by atoms with E-state index < -0.39 is 0 Å². The molecule has 100 valence electrons. The van der Waals surface area contributed by atoms with Gasteiger partial charge in [0.15, 0.2) is 0 Å². The lowest BCUT2D eigenvalue weighted by Crippen LogP contribution is -2.25. The molecule has 5 nitrogen and oxygen atoms in total. The van der Waals surface area contributed by atoms with E-state index in [1.54, 1.807) is 42.8 Å². The summed E-state index contributed by atoms with van der Waals surface area (Å²) in [4.78, 5) is 16.1. The lowest BCUT2D eigenvalue weighted by Gasteiger charge is -2.07. The summed E-state index contributed by atoms with van der Waals surface area (Å²) in [7, 11) is 1.54. The van der Waals surface area contributed by atoms with E-state index in [4.69, 9.17) is 10.5 Å². The Morgan fingerprint density at radius 2 is 2.32 bits per heavy atom. The second-order valence-corrected chi connectivity index (χ2v) is 4.91.